The monoisotopic (exact) mass is 278 g/mol. The Balaban J connectivity index is 2.03. The molecule has 0 aliphatic carbocycles. The van der Waals surface area contributed by atoms with E-state index in [1.165, 1.54) is 0 Å². The van der Waals surface area contributed by atoms with Gasteiger partial charge in [0, 0.05) is 22.2 Å². The van der Waals surface area contributed by atoms with Gasteiger partial charge in [0.2, 0.25) is 5.60 Å². The fraction of sp³-hybridized carbons (Fsp3) is 0.118. The summed E-state index contributed by atoms with van der Waals surface area (Å²) in [4.78, 5) is 15.6. The molecule has 21 heavy (non-hydrogen) atoms. The number of aliphatic hydroxyl groups is 1. The lowest BCUT2D eigenvalue weighted by molar-refractivity contribution is -0.130. The summed E-state index contributed by atoms with van der Waals surface area (Å²) in [6.07, 6.45) is 0. The molecule has 0 spiro atoms. The van der Waals surface area contributed by atoms with E-state index < -0.39 is 11.5 Å². The third kappa shape index (κ3) is 1.45. The van der Waals surface area contributed by atoms with E-state index in [0.29, 0.717) is 16.9 Å². The maximum absolute atomic E-state index is 12.4. The first-order valence-corrected chi connectivity index (χ1v) is 6.83. The number of nitrogens with one attached hydrogen (secondary N) is 2. The summed E-state index contributed by atoms with van der Waals surface area (Å²) in [7, 11) is 0. The van der Waals surface area contributed by atoms with E-state index in [2.05, 4.69) is 10.3 Å². The van der Waals surface area contributed by atoms with Crippen LogP contribution in [0, 0.1) is 6.92 Å². The zero-order valence-electron chi connectivity index (χ0n) is 11.5. The highest BCUT2D eigenvalue weighted by Crippen LogP contribution is 2.42. The number of anilines is 1. The van der Waals surface area contributed by atoms with Crippen molar-refractivity contribution in [3.8, 4) is 0 Å². The van der Waals surface area contributed by atoms with Gasteiger partial charge in [0.1, 0.15) is 0 Å². The summed E-state index contributed by atoms with van der Waals surface area (Å²) < 4.78 is 0. The molecule has 0 fully saturated rings. The van der Waals surface area contributed by atoms with Crippen LogP contribution < -0.4 is 5.32 Å². The lowest BCUT2D eigenvalue weighted by atomic mass is 9.89. The Morgan fingerprint density at radius 3 is 2.57 bits per heavy atom. The Bertz CT molecular complexity index is 881. The minimum atomic E-state index is -1.67. The molecule has 0 radical (unpaired) electrons. The number of amides is 1. The van der Waals surface area contributed by atoms with E-state index >= 15 is 0 Å². The van der Waals surface area contributed by atoms with Crippen LogP contribution in [-0.4, -0.2) is 16.0 Å². The predicted molar refractivity (Wildman–Crippen MR) is 81.1 cm³/mol. The number of aromatic amines is 1. The number of carbonyl (C=O) groups excluding carboxylic acids is 1. The molecule has 4 nitrogen and oxygen atoms in total. The Hall–Kier alpha value is -2.59. The molecule has 1 unspecified atom stereocenters. The number of rotatable bonds is 1. The summed E-state index contributed by atoms with van der Waals surface area (Å²) in [6, 6.07) is 15.0. The highest BCUT2D eigenvalue weighted by Gasteiger charge is 2.48. The van der Waals surface area contributed by atoms with Gasteiger partial charge in [-0.15, -0.1) is 0 Å². The zero-order chi connectivity index (χ0) is 14.6. The average Bonchev–Trinajstić information content (AvgIpc) is 2.97. The van der Waals surface area contributed by atoms with E-state index in [9.17, 15) is 9.90 Å². The van der Waals surface area contributed by atoms with Gasteiger partial charge in [-0.05, 0) is 24.6 Å². The molecule has 104 valence electrons. The van der Waals surface area contributed by atoms with Gasteiger partial charge in [-0.25, -0.2) is 0 Å². The standard InChI is InChI=1S/C17H14N2O2/c1-10-11-6-2-4-8-13(11)18-15(10)17(21)12-7-3-5-9-14(12)19-16(17)20/h2-9,18,21H,1H3,(H,19,20). The molecule has 4 heteroatoms. The average molecular weight is 278 g/mol. The van der Waals surface area contributed by atoms with E-state index in [4.69, 9.17) is 0 Å². The van der Waals surface area contributed by atoms with Crippen LogP contribution in [-0.2, 0) is 10.4 Å². The largest absolute Gasteiger partial charge is 0.371 e. The van der Waals surface area contributed by atoms with Gasteiger partial charge in [0.25, 0.3) is 5.91 Å². The number of aryl methyl sites for hydroxylation is 1. The van der Waals surface area contributed by atoms with Crippen LogP contribution >= 0.6 is 0 Å². The molecular formula is C17H14N2O2. The van der Waals surface area contributed by atoms with Crippen LogP contribution in [0.5, 0.6) is 0 Å². The summed E-state index contributed by atoms with van der Waals surface area (Å²) in [5.41, 5.74) is 1.91. The van der Waals surface area contributed by atoms with Gasteiger partial charge in [0.15, 0.2) is 0 Å². The molecule has 2 aromatic carbocycles. The first-order valence-electron chi connectivity index (χ1n) is 6.83. The van der Waals surface area contributed by atoms with E-state index in [0.717, 1.165) is 16.5 Å². The van der Waals surface area contributed by atoms with Crippen molar-refractivity contribution in [3.05, 3.63) is 65.4 Å². The van der Waals surface area contributed by atoms with Crippen molar-refractivity contribution in [2.24, 2.45) is 0 Å². The third-order valence-electron chi connectivity index (χ3n) is 4.22. The van der Waals surface area contributed by atoms with Gasteiger partial charge in [-0.1, -0.05) is 36.4 Å². The van der Waals surface area contributed by atoms with Crippen molar-refractivity contribution in [3.63, 3.8) is 0 Å². The van der Waals surface area contributed by atoms with Crippen LogP contribution in [0.4, 0.5) is 5.69 Å². The van der Waals surface area contributed by atoms with E-state index in [1.54, 1.807) is 12.1 Å². The summed E-state index contributed by atoms with van der Waals surface area (Å²) in [5, 5.41) is 14.9. The molecule has 2 heterocycles. The Labute approximate surface area is 121 Å². The second-order valence-electron chi connectivity index (χ2n) is 5.38. The van der Waals surface area contributed by atoms with Crippen molar-refractivity contribution in [2.75, 3.05) is 5.32 Å². The van der Waals surface area contributed by atoms with Crippen molar-refractivity contribution < 1.29 is 9.90 Å². The number of hydrogen-bond acceptors (Lipinski definition) is 2. The van der Waals surface area contributed by atoms with Gasteiger partial charge >= 0.3 is 0 Å². The quantitative estimate of drug-likeness (QED) is 0.640. The SMILES string of the molecule is Cc1c(C2(O)C(=O)Nc3ccccc32)[nH]c2ccccc12. The maximum atomic E-state index is 12.4. The van der Waals surface area contributed by atoms with E-state index in [1.807, 2.05) is 43.3 Å². The zero-order valence-corrected chi connectivity index (χ0v) is 11.5. The summed E-state index contributed by atoms with van der Waals surface area (Å²) >= 11 is 0. The van der Waals surface area contributed by atoms with Gasteiger partial charge < -0.3 is 15.4 Å². The van der Waals surface area contributed by atoms with Gasteiger partial charge in [0.05, 0.1) is 5.69 Å². The second kappa shape index (κ2) is 3.96. The molecule has 3 N–H and O–H groups in total. The predicted octanol–water partition coefficient (Wildman–Crippen LogP) is 2.66. The molecule has 0 saturated heterocycles. The molecule has 4 rings (SSSR count). The molecule has 0 bridgehead atoms. The smallest absolute Gasteiger partial charge is 0.267 e. The minimum Gasteiger partial charge on any atom is -0.371 e. The van der Waals surface area contributed by atoms with Crippen molar-refractivity contribution in [1.82, 2.24) is 4.98 Å². The Kier molecular flexibility index (Phi) is 2.30. The van der Waals surface area contributed by atoms with Crippen LogP contribution in [0.1, 0.15) is 16.8 Å². The Morgan fingerprint density at radius 2 is 1.76 bits per heavy atom. The minimum absolute atomic E-state index is 0.418. The number of para-hydroxylation sites is 2. The maximum Gasteiger partial charge on any atom is 0.267 e. The van der Waals surface area contributed by atoms with Crippen molar-refractivity contribution in [1.29, 1.82) is 0 Å². The lowest BCUT2D eigenvalue weighted by Crippen LogP contribution is -2.36. The lowest BCUT2D eigenvalue weighted by Gasteiger charge is -2.20. The summed E-state index contributed by atoms with van der Waals surface area (Å²) in [5.74, 6) is -0.418. The van der Waals surface area contributed by atoms with Gasteiger partial charge in [-0.2, -0.15) is 0 Å². The topological polar surface area (TPSA) is 65.1 Å². The van der Waals surface area contributed by atoms with E-state index in [-0.39, 0.29) is 0 Å². The molecule has 1 aliphatic rings. The van der Waals surface area contributed by atoms with Crippen LogP contribution in [0.2, 0.25) is 0 Å². The third-order valence-corrected chi connectivity index (χ3v) is 4.22. The number of carbonyl (C=O) groups is 1. The molecule has 1 aromatic heterocycles. The molecule has 3 aromatic rings. The number of fused-ring (bicyclic) bond motifs is 2. The first kappa shape index (κ1) is 12.2. The number of aromatic nitrogens is 1. The molecular weight excluding hydrogens is 264 g/mol. The highest BCUT2D eigenvalue weighted by molar-refractivity contribution is 6.08. The summed E-state index contributed by atoms with van der Waals surface area (Å²) in [6.45, 7) is 1.92. The van der Waals surface area contributed by atoms with Crippen LogP contribution in [0.25, 0.3) is 10.9 Å². The molecule has 0 saturated carbocycles. The molecule has 1 atom stereocenters. The Morgan fingerprint density at radius 1 is 1.05 bits per heavy atom. The number of H-pyrrole nitrogens is 1. The molecule has 1 amide bonds. The number of hydrogen-bond donors (Lipinski definition) is 3. The highest BCUT2D eigenvalue weighted by atomic mass is 16.3. The first-order chi connectivity index (χ1) is 10.1. The van der Waals surface area contributed by atoms with Crippen LogP contribution in [0.15, 0.2) is 48.5 Å². The fourth-order valence-electron chi connectivity index (χ4n) is 3.13. The van der Waals surface area contributed by atoms with Crippen molar-refractivity contribution >= 4 is 22.5 Å². The fourth-order valence-corrected chi connectivity index (χ4v) is 3.13. The molecule has 1 aliphatic heterocycles. The van der Waals surface area contributed by atoms with Crippen LogP contribution in [0.3, 0.4) is 0 Å². The van der Waals surface area contributed by atoms with Crippen molar-refractivity contribution in [2.45, 2.75) is 12.5 Å². The number of benzene rings is 2. The normalized spacial score (nSPS) is 20.6. The second-order valence-corrected chi connectivity index (χ2v) is 5.38. The van der Waals surface area contributed by atoms with Gasteiger partial charge in [-0.3, -0.25) is 4.79 Å².